The maximum absolute atomic E-state index is 13.5. The van der Waals surface area contributed by atoms with Crippen LogP contribution in [0.5, 0.6) is 0 Å². The molecule has 5 N–H and O–H groups in total. The summed E-state index contributed by atoms with van der Waals surface area (Å²) < 4.78 is 59.2. The van der Waals surface area contributed by atoms with Crippen molar-refractivity contribution in [3.63, 3.8) is 0 Å². The van der Waals surface area contributed by atoms with Gasteiger partial charge in [-0.1, -0.05) is 0 Å². The number of aliphatic hydroxyl groups is 1. The monoisotopic (exact) mass is 630 g/mol. The number of alkyl halides is 4. The second-order valence-electron chi connectivity index (χ2n) is 11.3. The lowest BCUT2D eigenvalue weighted by atomic mass is 9.81. The highest BCUT2D eigenvalue weighted by atomic mass is 19.3. The third-order valence-electron chi connectivity index (χ3n) is 7.89. The van der Waals surface area contributed by atoms with Gasteiger partial charge in [0.2, 0.25) is 5.92 Å². The molecule has 2 amide bonds. The first-order valence-corrected chi connectivity index (χ1v) is 14.8. The zero-order chi connectivity index (χ0) is 32.5. The molecule has 0 spiro atoms. The SMILES string of the molecule is CC(N)C(=N)C(=O)NC(c1cn2nccnc2n1)C1CCC(F)(F)CC1.CO.O=C(C1CCC(F)(F)CO1)N1CCCCC1. The van der Waals surface area contributed by atoms with Crippen molar-refractivity contribution < 1.29 is 37.0 Å². The van der Waals surface area contributed by atoms with Gasteiger partial charge in [-0.2, -0.15) is 5.10 Å². The van der Waals surface area contributed by atoms with Crippen molar-refractivity contribution in [2.75, 3.05) is 26.8 Å². The second kappa shape index (κ2) is 15.7. The van der Waals surface area contributed by atoms with E-state index in [0.717, 1.165) is 39.5 Å². The highest BCUT2D eigenvalue weighted by Crippen LogP contribution is 2.41. The van der Waals surface area contributed by atoms with Gasteiger partial charge < -0.3 is 25.8 Å². The van der Waals surface area contributed by atoms with Gasteiger partial charge in [0.25, 0.3) is 23.5 Å². The molecule has 3 aliphatic rings. The van der Waals surface area contributed by atoms with E-state index in [0.29, 0.717) is 11.5 Å². The summed E-state index contributed by atoms with van der Waals surface area (Å²) in [7, 11) is 1.00. The number of hydrogen-bond donors (Lipinski definition) is 4. The number of hydrogen-bond acceptors (Lipinski definition) is 9. The van der Waals surface area contributed by atoms with Crippen molar-refractivity contribution in [3.05, 3.63) is 24.3 Å². The van der Waals surface area contributed by atoms with Crippen LogP contribution in [0.4, 0.5) is 17.6 Å². The standard InChI is InChI=1S/C16H21F2N7O.C11H17F2NO2.CH4O/c1-9(19)12(20)14(26)24-13(10-2-4-16(17,18)5-3-10)11-8-25-15(23-11)21-6-7-22-25;12-11(13)5-4-9(16-8-11)10(15)14-6-2-1-3-7-14;1-2/h6-10,13,20H,2-5,19H2,1H3,(H,24,26);9H,1-8H2;2H,1H3. The first kappa shape index (κ1) is 35.2. The first-order chi connectivity index (χ1) is 20.8. The summed E-state index contributed by atoms with van der Waals surface area (Å²) in [4.78, 5) is 34.4. The Bertz CT molecular complexity index is 1200. The first-order valence-electron chi connectivity index (χ1n) is 14.8. The van der Waals surface area contributed by atoms with Crippen molar-refractivity contribution in [1.82, 2.24) is 29.8 Å². The lowest BCUT2D eigenvalue weighted by Gasteiger charge is -2.33. The minimum Gasteiger partial charge on any atom is -0.400 e. The highest BCUT2D eigenvalue weighted by molar-refractivity contribution is 6.39. The number of ether oxygens (including phenoxy) is 1. The Morgan fingerprint density at radius 2 is 1.70 bits per heavy atom. The number of amides is 2. The average molecular weight is 631 g/mol. The average Bonchev–Trinajstić information content (AvgIpc) is 3.45. The van der Waals surface area contributed by atoms with Crippen LogP contribution < -0.4 is 11.1 Å². The zero-order valence-corrected chi connectivity index (χ0v) is 25.0. The number of piperidine rings is 1. The molecule has 1 saturated carbocycles. The van der Waals surface area contributed by atoms with Gasteiger partial charge in [-0.25, -0.2) is 32.0 Å². The molecule has 0 radical (unpaired) electrons. The number of fused-ring (bicyclic) bond motifs is 1. The van der Waals surface area contributed by atoms with Crippen LogP contribution in [0.3, 0.4) is 0 Å². The van der Waals surface area contributed by atoms with E-state index >= 15 is 0 Å². The highest BCUT2D eigenvalue weighted by Gasteiger charge is 2.41. The molecule has 246 valence electrons. The predicted octanol–water partition coefficient (Wildman–Crippen LogP) is 2.90. The number of rotatable bonds is 6. The fraction of sp³-hybridized carbons (Fsp3) is 0.714. The molecule has 3 atom stereocenters. The third-order valence-corrected chi connectivity index (χ3v) is 7.89. The topological polar surface area (TPSA) is 172 Å². The molecule has 1 aliphatic carbocycles. The van der Waals surface area contributed by atoms with E-state index in [1.54, 1.807) is 11.1 Å². The maximum atomic E-state index is 13.5. The molecule has 2 aromatic heterocycles. The summed E-state index contributed by atoms with van der Waals surface area (Å²) in [6.07, 6.45) is 7.06. The molecule has 5 rings (SSSR count). The van der Waals surface area contributed by atoms with Gasteiger partial charge in [-0.15, -0.1) is 0 Å². The Morgan fingerprint density at radius 1 is 1.07 bits per heavy atom. The fourth-order valence-corrected chi connectivity index (χ4v) is 5.39. The number of nitrogens with two attached hydrogens (primary N) is 1. The quantitative estimate of drug-likeness (QED) is 0.279. The molecule has 2 aromatic rings. The van der Waals surface area contributed by atoms with Crippen molar-refractivity contribution in [2.45, 2.75) is 94.7 Å². The minimum atomic E-state index is -2.75. The Labute approximate surface area is 253 Å². The number of carbonyl (C=O) groups is 2. The fourth-order valence-electron chi connectivity index (χ4n) is 5.39. The van der Waals surface area contributed by atoms with Crippen LogP contribution in [-0.2, 0) is 14.3 Å². The van der Waals surface area contributed by atoms with Crippen LogP contribution >= 0.6 is 0 Å². The molecule has 0 bridgehead atoms. The zero-order valence-electron chi connectivity index (χ0n) is 25.0. The molecular formula is C28H42F4N8O4. The molecule has 4 heterocycles. The van der Waals surface area contributed by atoms with Gasteiger partial charge in [0.15, 0.2) is 0 Å². The van der Waals surface area contributed by atoms with Crippen LogP contribution in [0, 0.1) is 11.3 Å². The van der Waals surface area contributed by atoms with E-state index in [4.69, 9.17) is 21.0 Å². The van der Waals surface area contributed by atoms with Crippen molar-refractivity contribution in [3.8, 4) is 0 Å². The van der Waals surface area contributed by atoms with E-state index < -0.39 is 42.5 Å². The lowest BCUT2D eigenvalue weighted by Crippen LogP contribution is -2.47. The Kier molecular flexibility index (Phi) is 12.5. The summed E-state index contributed by atoms with van der Waals surface area (Å²) in [5.74, 6) is -6.02. The summed E-state index contributed by atoms with van der Waals surface area (Å²) in [5.41, 5.74) is 5.82. The largest absolute Gasteiger partial charge is 0.400 e. The van der Waals surface area contributed by atoms with Gasteiger partial charge in [-0.3, -0.25) is 15.0 Å². The molecule has 2 aliphatic heterocycles. The summed E-state index contributed by atoms with van der Waals surface area (Å²) in [6, 6.07) is -1.34. The van der Waals surface area contributed by atoms with Crippen LogP contribution in [-0.4, -0.2) is 97.9 Å². The van der Waals surface area contributed by atoms with Crippen molar-refractivity contribution >= 4 is 23.3 Å². The molecule has 2 saturated heterocycles. The van der Waals surface area contributed by atoms with Gasteiger partial charge in [0.05, 0.1) is 30.3 Å². The number of carbonyl (C=O) groups excluding carboxylic acids is 2. The second-order valence-corrected chi connectivity index (χ2v) is 11.3. The number of aliphatic hydroxyl groups excluding tert-OH is 1. The van der Waals surface area contributed by atoms with Gasteiger partial charge in [0.1, 0.15) is 18.4 Å². The molecule has 3 unspecified atom stereocenters. The van der Waals surface area contributed by atoms with Gasteiger partial charge in [-0.05, 0) is 51.4 Å². The van der Waals surface area contributed by atoms with Crippen molar-refractivity contribution in [2.24, 2.45) is 11.7 Å². The number of imidazole rings is 1. The molecule has 3 fully saturated rings. The van der Waals surface area contributed by atoms with Gasteiger partial charge in [0, 0.05) is 45.5 Å². The number of nitrogens with one attached hydrogen (secondary N) is 2. The number of likely N-dealkylation sites (tertiary alicyclic amines) is 1. The normalized spacial score (nSPS) is 22.8. The summed E-state index contributed by atoms with van der Waals surface area (Å²) in [6.45, 7) is 2.41. The van der Waals surface area contributed by atoms with E-state index in [2.05, 4.69) is 20.4 Å². The smallest absolute Gasteiger partial charge is 0.271 e. The Morgan fingerprint density at radius 3 is 2.27 bits per heavy atom. The molecular weight excluding hydrogens is 588 g/mol. The number of halogens is 4. The molecule has 44 heavy (non-hydrogen) atoms. The van der Waals surface area contributed by atoms with Crippen LogP contribution in [0.1, 0.15) is 76.4 Å². The van der Waals surface area contributed by atoms with Crippen LogP contribution in [0.25, 0.3) is 5.78 Å². The third kappa shape index (κ3) is 9.63. The Balaban J connectivity index is 0.000000251. The van der Waals surface area contributed by atoms with Gasteiger partial charge >= 0.3 is 0 Å². The van der Waals surface area contributed by atoms with Crippen molar-refractivity contribution in [1.29, 1.82) is 5.41 Å². The number of aromatic nitrogens is 4. The van der Waals surface area contributed by atoms with E-state index in [9.17, 15) is 27.2 Å². The Hall–Kier alpha value is -3.24. The number of nitrogens with zero attached hydrogens (tertiary/aromatic N) is 5. The molecule has 12 nitrogen and oxygen atoms in total. The summed E-state index contributed by atoms with van der Waals surface area (Å²) in [5, 5.41) is 21.6. The predicted molar refractivity (Wildman–Crippen MR) is 152 cm³/mol. The lowest BCUT2D eigenvalue weighted by molar-refractivity contribution is -0.170. The maximum Gasteiger partial charge on any atom is 0.271 e. The summed E-state index contributed by atoms with van der Waals surface area (Å²) >= 11 is 0. The van der Waals surface area contributed by atoms with E-state index in [1.807, 2.05) is 0 Å². The molecule has 0 aromatic carbocycles. The van der Waals surface area contributed by atoms with E-state index in [-0.39, 0.29) is 56.1 Å². The minimum absolute atomic E-state index is 0.102. The molecule has 16 heteroatoms. The van der Waals surface area contributed by atoms with Crippen LogP contribution in [0.2, 0.25) is 0 Å². The van der Waals surface area contributed by atoms with E-state index in [1.165, 1.54) is 23.8 Å². The van der Waals surface area contributed by atoms with Crippen LogP contribution in [0.15, 0.2) is 18.6 Å².